The normalized spacial score (nSPS) is 10.4. The number of rotatable bonds is 4. The lowest BCUT2D eigenvalue weighted by Gasteiger charge is -2.03. The first-order valence-electron chi connectivity index (χ1n) is 6.45. The summed E-state index contributed by atoms with van der Waals surface area (Å²) in [5.74, 6) is 1.81. The van der Waals surface area contributed by atoms with E-state index in [9.17, 15) is 0 Å². The van der Waals surface area contributed by atoms with Gasteiger partial charge in [-0.1, -0.05) is 46.3 Å². The average Bonchev–Trinajstić information content (AvgIpc) is 2.96. The molecular weight excluding hydrogens is 314 g/mol. The van der Waals surface area contributed by atoms with E-state index < -0.39 is 0 Å². The van der Waals surface area contributed by atoms with Crippen molar-refractivity contribution in [2.24, 2.45) is 0 Å². The number of nitrogens with one attached hydrogen (secondary N) is 1. The van der Waals surface area contributed by atoms with E-state index in [2.05, 4.69) is 21.2 Å². The van der Waals surface area contributed by atoms with Crippen LogP contribution in [0, 0.1) is 0 Å². The van der Waals surface area contributed by atoms with E-state index in [1.54, 1.807) is 0 Å². The maximum Gasteiger partial charge on any atom is 0.134 e. The zero-order valence-electron chi connectivity index (χ0n) is 10.8. The van der Waals surface area contributed by atoms with Crippen LogP contribution in [0.5, 0.6) is 0 Å². The summed E-state index contributed by atoms with van der Waals surface area (Å²) in [6.45, 7) is 0.681. The number of furan rings is 1. The molecule has 0 atom stereocenters. The van der Waals surface area contributed by atoms with Gasteiger partial charge in [-0.15, -0.1) is 0 Å². The summed E-state index contributed by atoms with van der Waals surface area (Å²) in [6, 6.07) is 22.2. The van der Waals surface area contributed by atoms with E-state index >= 15 is 0 Å². The molecule has 0 radical (unpaired) electrons. The molecule has 20 heavy (non-hydrogen) atoms. The SMILES string of the molecule is Brc1ccc(-c2ccc(CNc3ccccc3)o2)cc1. The van der Waals surface area contributed by atoms with Crippen LogP contribution in [0.3, 0.4) is 0 Å². The summed E-state index contributed by atoms with van der Waals surface area (Å²) in [4.78, 5) is 0. The molecule has 0 bridgehead atoms. The molecular formula is C17H14BrNO. The van der Waals surface area contributed by atoms with Crippen LogP contribution in [-0.4, -0.2) is 0 Å². The van der Waals surface area contributed by atoms with Gasteiger partial charge in [0.15, 0.2) is 0 Å². The van der Waals surface area contributed by atoms with Gasteiger partial charge >= 0.3 is 0 Å². The quantitative estimate of drug-likeness (QED) is 0.701. The van der Waals surface area contributed by atoms with Crippen LogP contribution in [0.4, 0.5) is 5.69 Å². The summed E-state index contributed by atoms with van der Waals surface area (Å²) in [5.41, 5.74) is 2.17. The first-order chi connectivity index (χ1) is 9.81. The molecule has 0 aliphatic carbocycles. The second kappa shape index (κ2) is 5.97. The zero-order valence-corrected chi connectivity index (χ0v) is 12.4. The number of halogens is 1. The predicted octanol–water partition coefficient (Wildman–Crippen LogP) is 5.32. The largest absolute Gasteiger partial charge is 0.459 e. The van der Waals surface area contributed by atoms with Crippen molar-refractivity contribution < 1.29 is 4.42 Å². The molecule has 0 amide bonds. The molecule has 3 heteroatoms. The summed E-state index contributed by atoms with van der Waals surface area (Å²) < 4.78 is 6.92. The molecule has 2 aromatic carbocycles. The highest BCUT2D eigenvalue weighted by molar-refractivity contribution is 9.10. The minimum absolute atomic E-state index is 0.681. The van der Waals surface area contributed by atoms with Crippen molar-refractivity contribution in [2.75, 3.05) is 5.32 Å². The third-order valence-electron chi connectivity index (χ3n) is 3.03. The highest BCUT2D eigenvalue weighted by Gasteiger charge is 2.04. The topological polar surface area (TPSA) is 25.2 Å². The monoisotopic (exact) mass is 327 g/mol. The van der Waals surface area contributed by atoms with Gasteiger partial charge in [0.1, 0.15) is 11.5 Å². The van der Waals surface area contributed by atoms with Gasteiger partial charge in [-0.3, -0.25) is 0 Å². The molecule has 3 aromatic rings. The Labute approximate surface area is 126 Å². The van der Waals surface area contributed by atoms with E-state index in [0.717, 1.165) is 27.2 Å². The van der Waals surface area contributed by atoms with Crippen LogP contribution in [0.2, 0.25) is 0 Å². The van der Waals surface area contributed by atoms with Crippen molar-refractivity contribution in [1.82, 2.24) is 0 Å². The highest BCUT2D eigenvalue weighted by Crippen LogP contribution is 2.24. The molecule has 0 saturated heterocycles. The van der Waals surface area contributed by atoms with Gasteiger partial charge in [0.2, 0.25) is 0 Å². The molecule has 0 unspecified atom stereocenters. The molecule has 2 nitrogen and oxygen atoms in total. The number of anilines is 1. The van der Waals surface area contributed by atoms with Crippen LogP contribution in [0.25, 0.3) is 11.3 Å². The molecule has 100 valence electrons. The lowest BCUT2D eigenvalue weighted by molar-refractivity contribution is 0.531. The number of benzene rings is 2. The Morgan fingerprint density at radius 1 is 0.850 bits per heavy atom. The maximum atomic E-state index is 5.85. The number of hydrogen-bond acceptors (Lipinski definition) is 2. The van der Waals surface area contributed by atoms with Crippen molar-refractivity contribution in [3.05, 3.63) is 77.0 Å². The molecule has 3 rings (SSSR count). The fraction of sp³-hybridized carbons (Fsp3) is 0.0588. The molecule has 1 N–H and O–H groups in total. The Morgan fingerprint density at radius 2 is 1.60 bits per heavy atom. The first kappa shape index (κ1) is 13.0. The fourth-order valence-corrected chi connectivity index (χ4v) is 2.25. The third kappa shape index (κ3) is 3.11. The highest BCUT2D eigenvalue weighted by atomic mass is 79.9. The van der Waals surface area contributed by atoms with Gasteiger partial charge in [-0.2, -0.15) is 0 Å². The lowest BCUT2D eigenvalue weighted by Crippen LogP contribution is -1.97. The van der Waals surface area contributed by atoms with Gasteiger partial charge in [-0.25, -0.2) is 0 Å². The van der Waals surface area contributed by atoms with Crippen LogP contribution in [-0.2, 0) is 6.54 Å². The summed E-state index contributed by atoms with van der Waals surface area (Å²) in [5, 5.41) is 3.33. The molecule has 1 heterocycles. The second-order valence-corrected chi connectivity index (χ2v) is 5.41. The average molecular weight is 328 g/mol. The van der Waals surface area contributed by atoms with E-state index in [4.69, 9.17) is 4.42 Å². The molecule has 0 fully saturated rings. The number of para-hydroxylation sites is 1. The first-order valence-corrected chi connectivity index (χ1v) is 7.24. The molecule has 1 aromatic heterocycles. The van der Waals surface area contributed by atoms with Crippen molar-refractivity contribution in [3.63, 3.8) is 0 Å². The van der Waals surface area contributed by atoms with Crippen molar-refractivity contribution in [2.45, 2.75) is 6.54 Å². The minimum Gasteiger partial charge on any atom is -0.459 e. The van der Waals surface area contributed by atoms with Crippen LogP contribution < -0.4 is 5.32 Å². The van der Waals surface area contributed by atoms with E-state index in [1.165, 1.54) is 0 Å². The predicted molar refractivity (Wildman–Crippen MR) is 85.6 cm³/mol. The molecule has 0 aliphatic heterocycles. The smallest absolute Gasteiger partial charge is 0.134 e. The number of hydrogen-bond donors (Lipinski definition) is 1. The standard InChI is InChI=1S/C17H14BrNO/c18-14-8-6-13(7-9-14)17-11-10-16(20-17)12-19-15-4-2-1-3-5-15/h1-11,19H,12H2. The van der Waals surface area contributed by atoms with Gasteiger partial charge in [0.25, 0.3) is 0 Å². The molecule has 0 spiro atoms. The Bertz CT molecular complexity index is 674. The van der Waals surface area contributed by atoms with Crippen LogP contribution in [0.1, 0.15) is 5.76 Å². The Morgan fingerprint density at radius 3 is 2.35 bits per heavy atom. The van der Waals surface area contributed by atoms with Gasteiger partial charge in [0, 0.05) is 15.7 Å². The van der Waals surface area contributed by atoms with E-state index in [1.807, 2.05) is 66.7 Å². The Balaban J connectivity index is 1.69. The lowest BCUT2D eigenvalue weighted by atomic mass is 10.2. The van der Waals surface area contributed by atoms with Gasteiger partial charge in [0.05, 0.1) is 6.54 Å². The zero-order chi connectivity index (χ0) is 13.8. The van der Waals surface area contributed by atoms with Crippen LogP contribution >= 0.6 is 15.9 Å². The summed E-state index contributed by atoms with van der Waals surface area (Å²) >= 11 is 3.43. The van der Waals surface area contributed by atoms with Crippen molar-refractivity contribution in [3.8, 4) is 11.3 Å². The fourth-order valence-electron chi connectivity index (χ4n) is 1.99. The Hall–Kier alpha value is -2.00. The molecule has 0 aliphatic rings. The van der Waals surface area contributed by atoms with Gasteiger partial charge < -0.3 is 9.73 Å². The maximum absolute atomic E-state index is 5.85. The van der Waals surface area contributed by atoms with Crippen molar-refractivity contribution >= 4 is 21.6 Å². The minimum atomic E-state index is 0.681. The Kier molecular flexibility index (Phi) is 3.88. The second-order valence-electron chi connectivity index (χ2n) is 4.49. The van der Waals surface area contributed by atoms with E-state index in [0.29, 0.717) is 6.54 Å². The molecule has 0 saturated carbocycles. The van der Waals surface area contributed by atoms with Crippen molar-refractivity contribution in [1.29, 1.82) is 0 Å². The van der Waals surface area contributed by atoms with Gasteiger partial charge in [-0.05, 0) is 36.4 Å². The van der Waals surface area contributed by atoms with Crippen LogP contribution in [0.15, 0.2) is 75.6 Å². The summed E-state index contributed by atoms with van der Waals surface area (Å²) in [6.07, 6.45) is 0. The third-order valence-corrected chi connectivity index (χ3v) is 3.56. The van der Waals surface area contributed by atoms with E-state index in [-0.39, 0.29) is 0 Å². The summed E-state index contributed by atoms with van der Waals surface area (Å²) in [7, 11) is 0.